The van der Waals surface area contributed by atoms with Crippen LogP contribution in [-0.4, -0.2) is 4.98 Å². The Balaban J connectivity index is 0.000000457. The fraction of sp³-hybridized carbons (Fsp3) is 0.214. The third-order valence-electron chi connectivity index (χ3n) is 2.37. The first-order valence-electron chi connectivity index (χ1n) is 5.66. The summed E-state index contributed by atoms with van der Waals surface area (Å²) in [5, 5.41) is 2.60. The number of allylic oxidation sites excluding steroid dienone is 2. The minimum atomic E-state index is 1.02. The molecule has 0 N–H and O–H groups in total. The second kappa shape index (κ2) is 5.08. The average molecular weight is 229 g/mol. The van der Waals surface area contributed by atoms with Crippen molar-refractivity contribution in [3.8, 4) is 0 Å². The fourth-order valence-corrected chi connectivity index (χ4v) is 2.79. The molecule has 2 heterocycles. The predicted octanol–water partition coefficient (Wildman–Crippen LogP) is 2.84. The lowest BCUT2D eigenvalue weighted by atomic mass is 10.2. The molecule has 1 nitrogen and oxygen atoms in total. The molecule has 1 aliphatic carbocycles. The monoisotopic (exact) mass is 229 g/mol. The summed E-state index contributed by atoms with van der Waals surface area (Å²) in [6, 6.07) is 4.14. The zero-order chi connectivity index (χ0) is 11.4. The maximum absolute atomic E-state index is 4.37. The minimum absolute atomic E-state index is 1.02. The number of thiophene rings is 1. The summed E-state index contributed by atoms with van der Waals surface area (Å²) in [5.74, 6) is 0. The van der Waals surface area contributed by atoms with E-state index in [1.54, 1.807) is 11.3 Å². The maximum Gasteiger partial charge on any atom is 0.124 e. The van der Waals surface area contributed by atoms with Gasteiger partial charge in [-0.25, -0.2) is 4.98 Å². The quantitative estimate of drug-likeness (QED) is 0.677. The van der Waals surface area contributed by atoms with Gasteiger partial charge < -0.3 is 0 Å². The lowest BCUT2D eigenvalue weighted by Gasteiger charge is -1.84. The van der Waals surface area contributed by atoms with Crippen LogP contribution in [0, 0.1) is 0 Å². The lowest BCUT2D eigenvalue weighted by Crippen LogP contribution is -2.17. The molecule has 0 amide bonds. The van der Waals surface area contributed by atoms with Crippen molar-refractivity contribution in [3.63, 3.8) is 0 Å². The third-order valence-corrected chi connectivity index (χ3v) is 3.50. The van der Waals surface area contributed by atoms with Crippen LogP contribution in [0.15, 0.2) is 30.5 Å². The molecule has 0 saturated carbocycles. The van der Waals surface area contributed by atoms with Crippen LogP contribution in [0.2, 0.25) is 0 Å². The Kier molecular flexibility index (Phi) is 3.52. The molecule has 0 bridgehead atoms. The van der Waals surface area contributed by atoms with Gasteiger partial charge in [-0.15, -0.1) is 11.3 Å². The zero-order valence-corrected chi connectivity index (χ0v) is 10.4. The summed E-state index contributed by atoms with van der Waals surface area (Å²) in [6.07, 6.45) is 11.6. The summed E-state index contributed by atoms with van der Waals surface area (Å²) in [6.45, 7) is 4.00. The molecule has 2 aromatic rings. The lowest BCUT2D eigenvalue weighted by molar-refractivity contribution is 1.44. The maximum atomic E-state index is 4.37. The molecule has 0 atom stereocenters. The van der Waals surface area contributed by atoms with Gasteiger partial charge in [0.25, 0.3) is 0 Å². The van der Waals surface area contributed by atoms with Gasteiger partial charge in [0.1, 0.15) is 4.83 Å². The van der Waals surface area contributed by atoms with E-state index in [0.717, 1.165) is 11.3 Å². The van der Waals surface area contributed by atoms with Gasteiger partial charge >= 0.3 is 0 Å². The molecule has 0 radical (unpaired) electrons. The largest absolute Gasteiger partial charge is 0.245 e. The molecular formula is C14H15NS. The van der Waals surface area contributed by atoms with Crippen LogP contribution in [0.4, 0.5) is 0 Å². The van der Waals surface area contributed by atoms with Gasteiger partial charge in [-0.2, -0.15) is 0 Å². The molecule has 3 rings (SSSR count). The normalized spacial score (nSPS) is 12.9. The molecule has 16 heavy (non-hydrogen) atoms. The van der Waals surface area contributed by atoms with E-state index in [1.807, 2.05) is 26.1 Å². The first-order chi connectivity index (χ1) is 7.95. The zero-order valence-electron chi connectivity index (χ0n) is 9.60. The number of fused-ring (bicyclic) bond motifs is 3. The molecule has 82 valence electrons. The van der Waals surface area contributed by atoms with E-state index in [-0.39, 0.29) is 0 Å². The number of hydrogen-bond acceptors (Lipinski definition) is 2. The van der Waals surface area contributed by atoms with Crippen molar-refractivity contribution in [3.05, 3.63) is 40.2 Å². The van der Waals surface area contributed by atoms with Crippen molar-refractivity contribution in [2.75, 3.05) is 0 Å². The molecule has 0 aliphatic heterocycles. The highest BCUT2D eigenvalue weighted by Gasteiger charge is 2.00. The molecule has 0 unspecified atom stereocenters. The van der Waals surface area contributed by atoms with Gasteiger partial charge in [0, 0.05) is 21.3 Å². The van der Waals surface area contributed by atoms with Crippen molar-refractivity contribution >= 4 is 33.7 Å². The minimum Gasteiger partial charge on any atom is -0.245 e. The molecule has 0 saturated heterocycles. The van der Waals surface area contributed by atoms with Crippen LogP contribution in [0.1, 0.15) is 20.3 Å². The van der Waals surface area contributed by atoms with Crippen molar-refractivity contribution in [1.82, 2.24) is 4.98 Å². The molecule has 0 fully saturated rings. The highest BCUT2D eigenvalue weighted by Crippen LogP contribution is 2.09. The van der Waals surface area contributed by atoms with Crippen molar-refractivity contribution in [2.45, 2.75) is 20.3 Å². The van der Waals surface area contributed by atoms with E-state index in [0.29, 0.717) is 0 Å². The van der Waals surface area contributed by atoms with Gasteiger partial charge in [0.15, 0.2) is 0 Å². The Hall–Kier alpha value is -1.41. The number of aromatic nitrogens is 1. The van der Waals surface area contributed by atoms with Crippen LogP contribution >= 0.6 is 11.3 Å². The van der Waals surface area contributed by atoms with Crippen LogP contribution < -0.4 is 9.75 Å². The van der Waals surface area contributed by atoms with Crippen molar-refractivity contribution in [1.29, 1.82) is 0 Å². The van der Waals surface area contributed by atoms with Gasteiger partial charge in [-0.05, 0) is 18.6 Å². The SMILES string of the molecule is C1=CCC=c2sc3ncccc3c2=C1.CC. The van der Waals surface area contributed by atoms with E-state index < -0.39 is 0 Å². The van der Waals surface area contributed by atoms with E-state index in [9.17, 15) is 0 Å². The summed E-state index contributed by atoms with van der Waals surface area (Å²) in [4.78, 5) is 5.51. The number of nitrogens with zero attached hydrogens (tertiary/aromatic N) is 1. The Bertz CT molecular complexity index is 620. The Morgan fingerprint density at radius 1 is 1.31 bits per heavy atom. The van der Waals surface area contributed by atoms with Gasteiger partial charge in [0.2, 0.25) is 0 Å². The molecule has 2 aromatic heterocycles. The van der Waals surface area contributed by atoms with Crippen LogP contribution in [0.25, 0.3) is 22.4 Å². The molecule has 1 aliphatic rings. The second-order valence-electron chi connectivity index (χ2n) is 3.27. The van der Waals surface area contributed by atoms with Gasteiger partial charge in [-0.1, -0.05) is 38.2 Å². The standard InChI is InChI=1S/C12H9NS.C2H6/c1-2-5-9-10-6-4-8-13-12(10)14-11(9)7-3-1;1-2/h1-2,4-8H,3H2;1-2H3. The van der Waals surface area contributed by atoms with Gasteiger partial charge in [-0.3, -0.25) is 0 Å². The Morgan fingerprint density at radius 2 is 2.19 bits per heavy atom. The average Bonchev–Trinajstić information content (AvgIpc) is 2.54. The van der Waals surface area contributed by atoms with E-state index >= 15 is 0 Å². The highest BCUT2D eigenvalue weighted by molar-refractivity contribution is 7.16. The van der Waals surface area contributed by atoms with Crippen molar-refractivity contribution < 1.29 is 0 Å². The van der Waals surface area contributed by atoms with E-state index in [1.165, 1.54) is 15.1 Å². The van der Waals surface area contributed by atoms with Crippen LogP contribution in [0.3, 0.4) is 0 Å². The van der Waals surface area contributed by atoms with E-state index in [4.69, 9.17) is 0 Å². The highest BCUT2D eigenvalue weighted by atomic mass is 32.1. The van der Waals surface area contributed by atoms with Gasteiger partial charge in [0.05, 0.1) is 0 Å². The molecule has 0 aromatic carbocycles. The summed E-state index contributed by atoms with van der Waals surface area (Å²) in [5.41, 5.74) is 0. The van der Waals surface area contributed by atoms with Crippen LogP contribution in [0.5, 0.6) is 0 Å². The van der Waals surface area contributed by atoms with Crippen LogP contribution in [-0.2, 0) is 0 Å². The Labute approximate surface area is 99.5 Å². The Morgan fingerprint density at radius 3 is 3.06 bits per heavy atom. The molecular weight excluding hydrogens is 214 g/mol. The first-order valence-corrected chi connectivity index (χ1v) is 6.47. The topological polar surface area (TPSA) is 12.9 Å². The number of pyridine rings is 1. The summed E-state index contributed by atoms with van der Waals surface area (Å²) >= 11 is 1.78. The first kappa shape index (κ1) is 11.1. The third kappa shape index (κ3) is 1.93. The van der Waals surface area contributed by atoms with E-state index in [2.05, 4.69) is 35.4 Å². The molecule has 2 heteroatoms. The smallest absolute Gasteiger partial charge is 0.124 e. The summed E-state index contributed by atoms with van der Waals surface area (Å²) < 4.78 is 1.35. The predicted molar refractivity (Wildman–Crippen MR) is 72.9 cm³/mol. The van der Waals surface area contributed by atoms with Crippen molar-refractivity contribution in [2.24, 2.45) is 0 Å². The number of hydrogen-bond donors (Lipinski definition) is 0. The molecule has 0 spiro atoms. The summed E-state index contributed by atoms with van der Waals surface area (Å²) in [7, 11) is 0. The second-order valence-corrected chi connectivity index (χ2v) is 4.30. The number of rotatable bonds is 0. The fourth-order valence-electron chi connectivity index (χ4n) is 1.71.